The topological polar surface area (TPSA) is 58.7 Å². The number of thiocarbonyl (C=S) groups is 1. The molecule has 1 rings (SSSR count). The fraction of sp³-hybridized carbons (Fsp3) is 0.417. The molecule has 0 bridgehead atoms. The molecule has 5 heteroatoms. The third-order valence-electron chi connectivity index (χ3n) is 2.39. The quantitative estimate of drug-likeness (QED) is 0.556. The average Bonchev–Trinajstić information content (AvgIpc) is 2.34. The number of nitrogens with two attached hydrogens (primary N) is 1. The van der Waals surface area contributed by atoms with E-state index in [9.17, 15) is 0 Å². The fourth-order valence-corrected chi connectivity index (χ4v) is 1.68. The van der Waals surface area contributed by atoms with Crippen molar-refractivity contribution in [2.75, 3.05) is 38.3 Å². The van der Waals surface area contributed by atoms with Gasteiger partial charge in [0, 0.05) is 24.8 Å². The number of benzene rings is 1. The second kappa shape index (κ2) is 7.21. The molecule has 0 heterocycles. The molecule has 0 atom stereocenters. The maximum Gasteiger partial charge on any atom is 0.106 e. The van der Waals surface area contributed by atoms with Crippen LogP contribution < -0.4 is 10.6 Å². The summed E-state index contributed by atoms with van der Waals surface area (Å²) in [7, 11) is 1.96. The number of aliphatic hydroxyl groups excluding tert-OH is 1. The molecular weight excluding hydrogens is 236 g/mol. The third kappa shape index (κ3) is 4.30. The van der Waals surface area contributed by atoms with Crippen LogP contribution in [0, 0.1) is 0 Å². The van der Waals surface area contributed by atoms with Crippen LogP contribution in [0.25, 0.3) is 0 Å². The number of aliphatic hydroxyl groups is 1. The van der Waals surface area contributed by atoms with Gasteiger partial charge in [-0.05, 0) is 12.1 Å². The highest BCUT2D eigenvalue weighted by molar-refractivity contribution is 7.80. The molecule has 17 heavy (non-hydrogen) atoms. The van der Waals surface area contributed by atoms with Gasteiger partial charge in [0.25, 0.3) is 0 Å². The minimum absolute atomic E-state index is 0.0488. The first-order valence-corrected chi connectivity index (χ1v) is 5.86. The Morgan fingerprint density at radius 3 is 2.76 bits per heavy atom. The summed E-state index contributed by atoms with van der Waals surface area (Å²) >= 11 is 5.01. The Kier molecular flexibility index (Phi) is 5.90. The molecule has 0 saturated carbocycles. The standard InChI is InChI=1S/C12H18N2O2S/c1-14(6-8-16-9-7-15)11-5-3-2-4-10(11)12(13)17/h2-5,15H,6-9H2,1H3,(H2,13,17). The third-order valence-corrected chi connectivity index (χ3v) is 2.61. The SMILES string of the molecule is CN(CCOCCO)c1ccccc1C(N)=S. The Labute approximate surface area is 107 Å². The zero-order valence-electron chi connectivity index (χ0n) is 9.93. The zero-order valence-corrected chi connectivity index (χ0v) is 10.7. The summed E-state index contributed by atoms with van der Waals surface area (Å²) in [4.78, 5) is 2.43. The molecule has 0 amide bonds. The van der Waals surface area contributed by atoms with Crippen LogP contribution in [0.15, 0.2) is 24.3 Å². The highest BCUT2D eigenvalue weighted by Crippen LogP contribution is 2.18. The number of rotatable bonds is 7. The molecule has 0 unspecified atom stereocenters. The lowest BCUT2D eigenvalue weighted by Crippen LogP contribution is -2.26. The molecule has 0 aliphatic heterocycles. The highest BCUT2D eigenvalue weighted by atomic mass is 32.1. The lowest BCUT2D eigenvalue weighted by Gasteiger charge is -2.21. The molecular formula is C12H18N2O2S. The lowest BCUT2D eigenvalue weighted by atomic mass is 10.1. The van der Waals surface area contributed by atoms with E-state index < -0.39 is 0 Å². The minimum Gasteiger partial charge on any atom is -0.394 e. The van der Waals surface area contributed by atoms with Crippen molar-refractivity contribution in [2.24, 2.45) is 5.73 Å². The number of anilines is 1. The molecule has 1 aromatic rings. The Bertz CT molecular complexity index is 371. The Morgan fingerprint density at radius 2 is 2.12 bits per heavy atom. The van der Waals surface area contributed by atoms with Crippen LogP contribution in [0.5, 0.6) is 0 Å². The van der Waals surface area contributed by atoms with Crippen molar-refractivity contribution >= 4 is 22.9 Å². The van der Waals surface area contributed by atoms with Gasteiger partial charge >= 0.3 is 0 Å². The van der Waals surface area contributed by atoms with Crippen molar-refractivity contribution in [1.29, 1.82) is 0 Å². The van der Waals surface area contributed by atoms with Crippen molar-refractivity contribution in [3.8, 4) is 0 Å². The van der Waals surface area contributed by atoms with Crippen LogP contribution >= 0.6 is 12.2 Å². The molecule has 94 valence electrons. The molecule has 4 nitrogen and oxygen atoms in total. The van der Waals surface area contributed by atoms with E-state index in [1.54, 1.807) is 0 Å². The Hall–Kier alpha value is -1.17. The van der Waals surface area contributed by atoms with Crippen molar-refractivity contribution < 1.29 is 9.84 Å². The molecule has 1 aromatic carbocycles. The van der Waals surface area contributed by atoms with Gasteiger partial charge in [-0.2, -0.15) is 0 Å². The Morgan fingerprint density at radius 1 is 1.41 bits per heavy atom. The highest BCUT2D eigenvalue weighted by Gasteiger charge is 2.08. The number of likely N-dealkylation sites (N-methyl/N-ethyl adjacent to an activating group) is 1. The summed E-state index contributed by atoms with van der Waals surface area (Å²) < 4.78 is 5.22. The van der Waals surface area contributed by atoms with E-state index in [4.69, 9.17) is 27.8 Å². The molecule has 0 radical (unpaired) electrons. The van der Waals surface area contributed by atoms with Crippen LogP contribution in [-0.4, -0.2) is 43.5 Å². The first-order chi connectivity index (χ1) is 8.16. The molecule has 0 aliphatic carbocycles. The number of para-hydroxylation sites is 1. The maximum absolute atomic E-state index is 8.59. The van der Waals surface area contributed by atoms with E-state index in [0.29, 0.717) is 18.2 Å². The number of ether oxygens (including phenoxy) is 1. The summed E-state index contributed by atoms with van der Waals surface area (Å²) in [6.07, 6.45) is 0. The van der Waals surface area contributed by atoms with E-state index in [0.717, 1.165) is 17.8 Å². The van der Waals surface area contributed by atoms with Crippen LogP contribution in [0.4, 0.5) is 5.69 Å². The van der Waals surface area contributed by atoms with Gasteiger partial charge in [0.2, 0.25) is 0 Å². The largest absolute Gasteiger partial charge is 0.394 e. The first-order valence-electron chi connectivity index (χ1n) is 5.45. The number of nitrogens with zero attached hydrogens (tertiary/aromatic N) is 1. The van der Waals surface area contributed by atoms with Crippen molar-refractivity contribution in [2.45, 2.75) is 0 Å². The molecule has 0 fully saturated rings. The van der Waals surface area contributed by atoms with E-state index in [1.807, 2.05) is 36.2 Å². The van der Waals surface area contributed by atoms with Crippen LogP contribution in [0.2, 0.25) is 0 Å². The van der Waals surface area contributed by atoms with Gasteiger partial charge in [0.15, 0.2) is 0 Å². The predicted molar refractivity (Wildman–Crippen MR) is 73.5 cm³/mol. The van der Waals surface area contributed by atoms with E-state index in [2.05, 4.69) is 0 Å². The molecule has 0 aromatic heterocycles. The molecule has 0 saturated heterocycles. The summed E-state index contributed by atoms with van der Waals surface area (Å²) in [5.41, 5.74) is 7.53. The van der Waals surface area contributed by atoms with Gasteiger partial charge < -0.3 is 20.5 Å². The molecule has 3 N–H and O–H groups in total. The smallest absolute Gasteiger partial charge is 0.106 e. The van der Waals surface area contributed by atoms with Crippen LogP contribution in [0.1, 0.15) is 5.56 Å². The number of hydrogen-bond acceptors (Lipinski definition) is 4. The summed E-state index contributed by atoms with van der Waals surface area (Å²) in [6.45, 7) is 1.69. The summed E-state index contributed by atoms with van der Waals surface area (Å²) in [5, 5.41) is 8.59. The lowest BCUT2D eigenvalue weighted by molar-refractivity contribution is 0.0971. The second-order valence-electron chi connectivity index (χ2n) is 3.64. The van der Waals surface area contributed by atoms with E-state index >= 15 is 0 Å². The summed E-state index contributed by atoms with van der Waals surface area (Å²) in [5.74, 6) is 0. The predicted octanol–water partition coefficient (Wildman–Crippen LogP) is 0.766. The van der Waals surface area contributed by atoms with Crippen LogP contribution in [0.3, 0.4) is 0 Å². The van der Waals surface area contributed by atoms with Gasteiger partial charge in [-0.25, -0.2) is 0 Å². The van der Waals surface area contributed by atoms with Gasteiger partial charge in [-0.15, -0.1) is 0 Å². The zero-order chi connectivity index (χ0) is 12.7. The monoisotopic (exact) mass is 254 g/mol. The van der Waals surface area contributed by atoms with Gasteiger partial charge in [-0.1, -0.05) is 24.4 Å². The number of hydrogen-bond donors (Lipinski definition) is 2. The normalized spacial score (nSPS) is 10.2. The maximum atomic E-state index is 8.59. The van der Waals surface area contributed by atoms with Crippen LogP contribution in [-0.2, 0) is 4.74 Å². The minimum atomic E-state index is 0.0488. The average molecular weight is 254 g/mol. The van der Waals surface area contributed by atoms with Gasteiger partial charge in [0.1, 0.15) is 4.99 Å². The fourth-order valence-electron chi connectivity index (χ4n) is 1.50. The first kappa shape index (κ1) is 13.9. The van der Waals surface area contributed by atoms with E-state index in [1.165, 1.54) is 0 Å². The van der Waals surface area contributed by atoms with Crippen molar-refractivity contribution in [3.63, 3.8) is 0 Å². The van der Waals surface area contributed by atoms with E-state index in [-0.39, 0.29) is 6.61 Å². The Balaban J connectivity index is 2.62. The van der Waals surface area contributed by atoms with Crippen molar-refractivity contribution in [1.82, 2.24) is 0 Å². The summed E-state index contributed by atoms with van der Waals surface area (Å²) in [6, 6.07) is 7.74. The van der Waals surface area contributed by atoms with Gasteiger partial charge in [-0.3, -0.25) is 0 Å². The molecule has 0 aliphatic rings. The second-order valence-corrected chi connectivity index (χ2v) is 4.08. The van der Waals surface area contributed by atoms with Gasteiger partial charge in [0.05, 0.1) is 19.8 Å². The van der Waals surface area contributed by atoms with Crippen molar-refractivity contribution in [3.05, 3.63) is 29.8 Å². The molecule has 0 spiro atoms.